The first kappa shape index (κ1) is 19.4. The zero-order chi connectivity index (χ0) is 20.0. The topological polar surface area (TPSA) is 92.0 Å². The van der Waals surface area contributed by atoms with E-state index in [2.05, 4.69) is 10.5 Å². The lowest BCUT2D eigenvalue weighted by Gasteiger charge is -2.22. The zero-order valence-electron chi connectivity index (χ0n) is 15.1. The van der Waals surface area contributed by atoms with Crippen LogP contribution in [0, 0.1) is 0 Å². The molecule has 1 amide bonds. The summed E-state index contributed by atoms with van der Waals surface area (Å²) in [6.45, 7) is 0.207. The van der Waals surface area contributed by atoms with Gasteiger partial charge < -0.3 is 4.42 Å². The minimum atomic E-state index is -3.49. The molecule has 0 saturated heterocycles. The van der Waals surface area contributed by atoms with Crippen LogP contribution in [0.3, 0.4) is 0 Å². The lowest BCUT2D eigenvalue weighted by Crippen LogP contribution is -2.29. The van der Waals surface area contributed by atoms with Crippen molar-refractivity contribution < 1.29 is 17.6 Å². The van der Waals surface area contributed by atoms with E-state index in [4.69, 9.17) is 4.42 Å². The molecule has 1 N–H and O–H groups in total. The maximum absolute atomic E-state index is 12.2. The highest BCUT2D eigenvalue weighted by Crippen LogP contribution is 2.21. The molecule has 3 aromatic rings. The number of sulfonamides is 1. The first-order valence-electron chi connectivity index (χ1n) is 8.42. The summed E-state index contributed by atoms with van der Waals surface area (Å²) in [5.41, 5.74) is 4.09. The molecule has 0 saturated carbocycles. The van der Waals surface area contributed by atoms with E-state index in [-0.39, 0.29) is 6.54 Å². The molecule has 0 bridgehead atoms. The summed E-state index contributed by atoms with van der Waals surface area (Å²) in [4.78, 5) is 12.2. The summed E-state index contributed by atoms with van der Waals surface area (Å²) >= 11 is 0. The van der Waals surface area contributed by atoms with E-state index in [1.54, 1.807) is 36.4 Å². The van der Waals surface area contributed by atoms with Gasteiger partial charge in [-0.2, -0.15) is 5.10 Å². The lowest BCUT2D eigenvalue weighted by atomic mass is 10.2. The molecule has 0 aliphatic carbocycles. The van der Waals surface area contributed by atoms with Gasteiger partial charge in [0.05, 0.1) is 31.0 Å². The smallest absolute Gasteiger partial charge is 0.271 e. The van der Waals surface area contributed by atoms with Crippen LogP contribution in [0.2, 0.25) is 0 Å². The summed E-state index contributed by atoms with van der Waals surface area (Å²) < 4.78 is 30.8. The number of anilines is 1. The number of benzene rings is 2. The highest BCUT2D eigenvalue weighted by molar-refractivity contribution is 7.92. The van der Waals surface area contributed by atoms with Crippen LogP contribution in [0.4, 0.5) is 5.69 Å². The molecular weight excluding hydrogens is 378 g/mol. The fraction of sp³-hybridized carbons (Fsp3) is 0.100. The molecular formula is C20H19N3O4S. The van der Waals surface area contributed by atoms with Crippen molar-refractivity contribution in [3.05, 3.63) is 89.9 Å². The van der Waals surface area contributed by atoms with Gasteiger partial charge in [0.2, 0.25) is 10.0 Å². The second kappa shape index (κ2) is 8.53. The minimum absolute atomic E-state index is 0.207. The van der Waals surface area contributed by atoms with Crippen molar-refractivity contribution in [2.75, 3.05) is 10.6 Å². The number of amides is 1. The molecule has 28 heavy (non-hydrogen) atoms. The third-order valence-electron chi connectivity index (χ3n) is 3.89. The Hall–Kier alpha value is -3.39. The number of nitrogens with zero attached hydrogens (tertiary/aromatic N) is 2. The number of hydrogen-bond donors (Lipinski definition) is 1. The average Bonchev–Trinajstić information content (AvgIpc) is 3.20. The largest absolute Gasteiger partial charge is 0.463 e. The number of hydrazone groups is 1. The molecule has 1 aromatic heterocycles. The van der Waals surface area contributed by atoms with Crippen LogP contribution < -0.4 is 9.73 Å². The number of furan rings is 1. The van der Waals surface area contributed by atoms with Gasteiger partial charge in [0.1, 0.15) is 5.76 Å². The van der Waals surface area contributed by atoms with Crippen LogP contribution in [0.25, 0.3) is 0 Å². The van der Waals surface area contributed by atoms with Crippen molar-refractivity contribution in [2.45, 2.75) is 6.54 Å². The SMILES string of the molecule is CS(=O)(=O)N(Cc1ccccc1)c1ccc(C(=O)N/N=C/c2ccco2)cc1. The van der Waals surface area contributed by atoms with Crippen molar-refractivity contribution >= 4 is 27.8 Å². The van der Waals surface area contributed by atoms with Crippen LogP contribution in [0.15, 0.2) is 82.5 Å². The summed E-state index contributed by atoms with van der Waals surface area (Å²) in [7, 11) is -3.49. The second-order valence-corrected chi connectivity index (χ2v) is 7.92. The Bertz CT molecular complexity index is 1040. The molecule has 0 spiro atoms. The van der Waals surface area contributed by atoms with Crippen LogP contribution in [0.5, 0.6) is 0 Å². The van der Waals surface area contributed by atoms with Gasteiger partial charge in [0, 0.05) is 5.56 Å². The third-order valence-corrected chi connectivity index (χ3v) is 5.03. The van der Waals surface area contributed by atoms with E-state index < -0.39 is 15.9 Å². The van der Waals surface area contributed by atoms with Gasteiger partial charge in [-0.3, -0.25) is 9.10 Å². The summed E-state index contributed by atoms with van der Waals surface area (Å²) in [5.74, 6) is 0.101. The highest BCUT2D eigenvalue weighted by Gasteiger charge is 2.18. The predicted molar refractivity (Wildman–Crippen MR) is 108 cm³/mol. The van der Waals surface area contributed by atoms with Crippen LogP contribution in [-0.4, -0.2) is 26.8 Å². The van der Waals surface area contributed by atoms with E-state index in [9.17, 15) is 13.2 Å². The normalized spacial score (nSPS) is 11.5. The number of carbonyl (C=O) groups is 1. The minimum Gasteiger partial charge on any atom is -0.463 e. The molecule has 3 rings (SSSR count). The molecule has 0 atom stereocenters. The van der Waals surface area contributed by atoms with Crippen molar-refractivity contribution in [1.29, 1.82) is 0 Å². The fourth-order valence-electron chi connectivity index (χ4n) is 2.51. The van der Waals surface area contributed by atoms with Crippen LogP contribution in [-0.2, 0) is 16.6 Å². The van der Waals surface area contributed by atoms with E-state index in [1.807, 2.05) is 30.3 Å². The maximum Gasteiger partial charge on any atom is 0.271 e. The Labute approximate surface area is 163 Å². The van der Waals surface area contributed by atoms with E-state index in [0.29, 0.717) is 17.0 Å². The molecule has 144 valence electrons. The van der Waals surface area contributed by atoms with Crippen molar-refractivity contribution in [2.24, 2.45) is 5.10 Å². The molecule has 0 radical (unpaired) electrons. The number of hydrogen-bond acceptors (Lipinski definition) is 5. The van der Waals surface area contributed by atoms with Gasteiger partial charge in [-0.15, -0.1) is 0 Å². The Balaban J connectivity index is 1.72. The highest BCUT2D eigenvalue weighted by atomic mass is 32.2. The third kappa shape index (κ3) is 5.08. The van der Waals surface area contributed by atoms with Crippen molar-refractivity contribution in [3.8, 4) is 0 Å². The molecule has 0 aliphatic rings. The first-order valence-corrected chi connectivity index (χ1v) is 10.3. The van der Waals surface area contributed by atoms with Gasteiger partial charge >= 0.3 is 0 Å². The fourth-order valence-corrected chi connectivity index (χ4v) is 3.40. The van der Waals surface area contributed by atoms with E-state index in [1.165, 1.54) is 16.8 Å². The molecule has 0 aliphatic heterocycles. The maximum atomic E-state index is 12.2. The lowest BCUT2D eigenvalue weighted by molar-refractivity contribution is 0.0955. The standard InChI is InChI=1S/C20H19N3O4S/c1-28(25,26)23(15-16-6-3-2-4-7-16)18-11-9-17(10-12-18)20(24)22-21-14-19-8-5-13-27-19/h2-14H,15H2,1H3,(H,22,24)/b21-14+. The molecule has 0 fully saturated rings. The van der Waals surface area contributed by atoms with Crippen molar-refractivity contribution in [1.82, 2.24) is 5.43 Å². The quantitative estimate of drug-likeness (QED) is 0.490. The van der Waals surface area contributed by atoms with Gasteiger partial charge in [0.25, 0.3) is 5.91 Å². The Morgan fingerprint density at radius 3 is 2.39 bits per heavy atom. The average molecular weight is 397 g/mol. The van der Waals surface area contributed by atoms with Gasteiger partial charge in [0.15, 0.2) is 0 Å². The molecule has 1 heterocycles. The Kier molecular flexibility index (Phi) is 5.90. The van der Waals surface area contributed by atoms with Gasteiger partial charge in [-0.25, -0.2) is 13.8 Å². The first-order chi connectivity index (χ1) is 13.4. The number of rotatable bonds is 7. The Morgan fingerprint density at radius 2 is 1.79 bits per heavy atom. The van der Waals surface area contributed by atoms with E-state index >= 15 is 0 Å². The molecule has 7 nitrogen and oxygen atoms in total. The summed E-state index contributed by atoms with van der Waals surface area (Å²) in [6.07, 6.45) is 4.04. The van der Waals surface area contributed by atoms with Crippen LogP contribution >= 0.6 is 0 Å². The predicted octanol–water partition coefficient (Wildman–Crippen LogP) is 3.01. The monoisotopic (exact) mass is 397 g/mol. The molecule has 2 aromatic carbocycles. The summed E-state index contributed by atoms with van der Waals surface area (Å²) in [5, 5.41) is 3.82. The van der Waals surface area contributed by atoms with Gasteiger partial charge in [-0.1, -0.05) is 30.3 Å². The Morgan fingerprint density at radius 1 is 1.07 bits per heavy atom. The van der Waals surface area contributed by atoms with Crippen LogP contribution in [0.1, 0.15) is 21.7 Å². The second-order valence-electron chi connectivity index (χ2n) is 6.02. The zero-order valence-corrected chi connectivity index (χ0v) is 16.0. The summed E-state index contributed by atoms with van der Waals surface area (Å²) in [6, 6.07) is 19.0. The van der Waals surface area contributed by atoms with E-state index in [0.717, 1.165) is 11.8 Å². The number of carbonyl (C=O) groups excluding carboxylic acids is 1. The van der Waals surface area contributed by atoms with Gasteiger partial charge in [-0.05, 0) is 42.0 Å². The van der Waals surface area contributed by atoms with Crippen molar-refractivity contribution in [3.63, 3.8) is 0 Å². The number of nitrogens with one attached hydrogen (secondary N) is 1. The molecule has 8 heteroatoms. The molecule has 0 unspecified atom stereocenters.